The number of aryl methyl sites for hydroxylation is 2. The summed E-state index contributed by atoms with van der Waals surface area (Å²) in [6, 6.07) is 6.00. The maximum absolute atomic E-state index is 10.4. The van der Waals surface area contributed by atoms with Gasteiger partial charge in [0, 0.05) is 23.7 Å². The van der Waals surface area contributed by atoms with E-state index in [0.717, 1.165) is 36.4 Å². The lowest BCUT2D eigenvalue weighted by molar-refractivity contribution is 0.240. The van der Waals surface area contributed by atoms with Crippen LogP contribution < -0.4 is 4.74 Å². The number of phenolic OH excluding ortho intramolecular Hbond substituents is 1. The van der Waals surface area contributed by atoms with E-state index in [9.17, 15) is 5.11 Å². The van der Waals surface area contributed by atoms with Gasteiger partial charge in [-0.05, 0) is 46.2 Å². The van der Waals surface area contributed by atoms with Crippen molar-refractivity contribution in [2.45, 2.75) is 46.2 Å². The first-order valence-corrected chi connectivity index (χ1v) is 8.22. The molecule has 1 aromatic carbocycles. The van der Waals surface area contributed by atoms with Crippen LogP contribution in [0.2, 0.25) is 0 Å². The standard InChI is InChI=1S/C18H24N2O3/c1-4-22-16-9-5-7-14(18(16)21)11-20-10-6-8-15(20)17-12(2)19-23-13(17)3/h5,7,9,15,21H,4,6,8,10-11H2,1-3H3/t15-/m0/s1. The summed E-state index contributed by atoms with van der Waals surface area (Å²) in [5, 5.41) is 14.5. The molecule has 1 atom stereocenters. The van der Waals surface area contributed by atoms with Crippen molar-refractivity contribution >= 4 is 0 Å². The summed E-state index contributed by atoms with van der Waals surface area (Å²) in [6.45, 7) is 8.13. The van der Waals surface area contributed by atoms with Crippen molar-refractivity contribution in [3.63, 3.8) is 0 Å². The number of ether oxygens (including phenoxy) is 1. The third kappa shape index (κ3) is 3.06. The summed E-state index contributed by atoms with van der Waals surface area (Å²) < 4.78 is 10.8. The van der Waals surface area contributed by atoms with E-state index in [-0.39, 0.29) is 5.75 Å². The SMILES string of the molecule is CCOc1cccc(CN2CCC[C@H]2c2c(C)noc2C)c1O. The van der Waals surface area contributed by atoms with E-state index in [1.54, 1.807) is 6.07 Å². The predicted octanol–water partition coefficient (Wildman–Crippen LogP) is 3.73. The minimum atomic E-state index is 0.249. The molecule has 0 amide bonds. The van der Waals surface area contributed by atoms with E-state index >= 15 is 0 Å². The lowest BCUT2D eigenvalue weighted by Crippen LogP contribution is -2.23. The van der Waals surface area contributed by atoms with E-state index in [4.69, 9.17) is 9.26 Å². The van der Waals surface area contributed by atoms with Gasteiger partial charge in [0.05, 0.1) is 12.3 Å². The van der Waals surface area contributed by atoms with Crippen LogP contribution in [0.1, 0.15) is 48.4 Å². The van der Waals surface area contributed by atoms with Gasteiger partial charge in [-0.3, -0.25) is 4.90 Å². The second-order valence-corrected chi connectivity index (χ2v) is 6.06. The Morgan fingerprint density at radius 3 is 2.91 bits per heavy atom. The third-order valence-corrected chi connectivity index (χ3v) is 4.54. The quantitative estimate of drug-likeness (QED) is 0.910. The highest BCUT2D eigenvalue weighted by molar-refractivity contribution is 5.45. The van der Waals surface area contributed by atoms with E-state index in [2.05, 4.69) is 10.1 Å². The van der Waals surface area contributed by atoms with Crippen molar-refractivity contribution in [1.82, 2.24) is 10.1 Å². The highest BCUT2D eigenvalue weighted by Crippen LogP contribution is 2.38. The lowest BCUT2D eigenvalue weighted by atomic mass is 10.0. The molecule has 0 saturated carbocycles. The summed E-state index contributed by atoms with van der Waals surface area (Å²) in [5.74, 6) is 1.70. The molecule has 1 N–H and O–H groups in total. The number of phenols is 1. The lowest BCUT2D eigenvalue weighted by Gasteiger charge is -2.25. The van der Waals surface area contributed by atoms with Crippen LogP contribution in [-0.2, 0) is 6.54 Å². The van der Waals surface area contributed by atoms with E-state index < -0.39 is 0 Å². The van der Waals surface area contributed by atoms with Crippen LogP contribution in [0, 0.1) is 13.8 Å². The molecular weight excluding hydrogens is 292 g/mol. The molecule has 1 aromatic heterocycles. The van der Waals surface area contributed by atoms with Gasteiger partial charge >= 0.3 is 0 Å². The second-order valence-electron chi connectivity index (χ2n) is 6.06. The van der Waals surface area contributed by atoms with E-state index in [1.165, 1.54) is 5.56 Å². The zero-order valence-electron chi connectivity index (χ0n) is 14.0. The molecule has 1 aliphatic rings. The number of aromatic nitrogens is 1. The van der Waals surface area contributed by atoms with Crippen molar-refractivity contribution in [2.24, 2.45) is 0 Å². The van der Waals surface area contributed by atoms with Gasteiger partial charge in [-0.25, -0.2) is 0 Å². The van der Waals surface area contributed by atoms with Crippen LogP contribution in [0.25, 0.3) is 0 Å². The minimum Gasteiger partial charge on any atom is -0.504 e. The highest BCUT2D eigenvalue weighted by atomic mass is 16.5. The summed E-state index contributed by atoms with van der Waals surface area (Å²) in [7, 11) is 0. The molecule has 3 rings (SSSR count). The number of aromatic hydroxyl groups is 1. The maximum atomic E-state index is 10.4. The summed E-state index contributed by atoms with van der Waals surface area (Å²) in [4.78, 5) is 2.39. The molecule has 0 bridgehead atoms. The molecule has 0 aliphatic carbocycles. The van der Waals surface area contributed by atoms with Gasteiger partial charge in [-0.15, -0.1) is 0 Å². The molecule has 23 heavy (non-hydrogen) atoms. The summed E-state index contributed by atoms with van der Waals surface area (Å²) in [5.41, 5.74) is 3.06. The van der Waals surface area contributed by atoms with Gasteiger partial charge in [-0.1, -0.05) is 17.3 Å². The first kappa shape index (κ1) is 15.9. The normalized spacial score (nSPS) is 18.5. The van der Waals surface area contributed by atoms with Crippen LogP contribution in [0.5, 0.6) is 11.5 Å². The molecule has 0 spiro atoms. The minimum absolute atomic E-state index is 0.249. The highest BCUT2D eigenvalue weighted by Gasteiger charge is 2.31. The third-order valence-electron chi connectivity index (χ3n) is 4.54. The first-order chi connectivity index (χ1) is 11.1. The molecular formula is C18H24N2O3. The van der Waals surface area contributed by atoms with Gasteiger partial charge in [0.2, 0.25) is 0 Å². The van der Waals surface area contributed by atoms with Gasteiger partial charge < -0.3 is 14.4 Å². The molecule has 0 unspecified atom stereocenters. The average molecular weight is 316 g/mol. The van der Waals surface area contributed by atoms with Gasteiger partial charge in [0.1, 0.15) is 5.76 Å². The van der Waals surface area contributed by atoms with Crippen LogP contribution in [0.15, 0.2) is 22.7 Å². The topological polar surface area (TPSA) is 58.7 Å². The average Bonchev–Trinajstić information content (AvgIpc) is 3.10. The zero-order valence-corrected chi connectivity index (χ0v) is 14.0. The zero-order chi connectivity index (χ0) is 16.4. The second kappa shape index (κ2) is 6.62. The van der Waals surface area contributed by atoms with Crippen molar-refractivity contribution < 1.29 is 14.4 Å². The van der Waals surface area contributed by atoms with Crippen molar-refractivity contribution in [3.8, 4) is 11.5 Å². The largest absolute Gasteiger partial charge is 0.504 e. The van der Waals surface area contributed by atoms with Crippen LogP contribution in [-0.4, -0.2) is 28.3 Å². The Morgan fingerprint density at radius 1 is 1.39 bits per heavy atom. The number of rotatable bonds is 5. The number of benzene rings is 1. The van der Waals surface area contributed by atoms with E-state index in [1.807, 2.05) is 32.9 Å². The molecule has 0 radical (unpaired) electrons. The Balaban J connectivity index is 1.84. The number of para-hydroxylation sites is 1. The molecule has 124 valence electrons. The molecule has 1 aliphatic heterocycles. The first-order valence-electron chi connectivity index (χ1n) is 8.22. The summed E-state index contributed by atoms with van der Waals surface area (Å²) >= 11 is 0. The Hall–Kier alpha value is -2.01. The van der Waals surface area contributed by atoms with Crippen LogP contribution in [0.4, 0.5) is 0 Å². The molecule has 2 aromatic rings. The van der Waals surface area contributed by atoms with Gasteiger partial charge in [0.25, 0.3) is 0 Å². The van der Waals surface area contributed by atoms with Crippen molar-refractivity contribution in [1.29, 1.82) is 0 Å². The Kier molecular flexibility index (Phi) is 4.57. The van der Waals surface area contributed by atoms with Crippen molar-refractivity contribution in [3.05, 3.63) is 40.8 Å². The predicted molar refractivity (Wildman–Crippen MR) is 87.6 cm³/mol. The van der Waals surface area contributed by atoms with Crippen LogP contribution >= 0.6 is 0 Å². The fourth-order valence-corrected chi connectivity index (χ4v) is 3.49. The Bertz CT molecular complexity index is 661. The van der Waals surface area contributed by atoms with Crippen molar-refractivity contribution in [2.75, 3.05) is 13.2 Å². The molecule has 1 saturated heterocycles. The Labute approximate surface area is 136 Å². The molecule has 5 nitrogen and oxygen atoms in total. The van der Waals surface area contributed by atoms with Gasteiger partial charge in [0.15, 0.2) is 11.5 Å². The van der Waals surface area contributed by atoms with Gasteiger partial charge in [-0.2, -0.15) is 0 Å². The van der Waals surface area contributed by atoms with E-state index in [0.29, 0.717) is 24.9 Å². The Morgan fingerprint density at radius 2 is 2.22 bits per heavy atom. The number of likely N-dealkylation sites (tertiary alicyclic amines) is 1. The molecule has 5 heteroatoms. The number of hydrogen-bond donors (Lipinski definition) is 1. The number of nitrogens with zero attached hydrogens (tertiary/aromatic N) is 2. The smallest absolute Gasteiger partial charge is 0.162 e. The molecule has 1 fully saturated rings. The monoisotopic (exact) mass is 316 g/mol. The fraction of sp³-hybridized carbons (Fsp3) is 0.500. The summed E-state index contributed by atoms with van der Waals surface area (Å²) in [6.07, 6.45) is 2.23. The maximum Gasteiger partial charge on any atom is 0.162 e. The fourth-order valence-electron chi connectivity index (χ4n) is 3.49. The molecule has 2 heterocycles. The number of hydrogen-bond acceptors (Lipinski definition) is 5. The van der Waals surface area contributed by atoms with Crippen LogP contribution in [0.3, 0.4) is 0 Å².